The maximum absolute atomic E-state index is 12.5. The molecule has 1 atom stereocenters. The topological polar surface area (TPSA) is 54.5 Å². The van der Waals surface area contributed by atoms with Crippen LogP contribution in [0.1, 0.15) is 25.3 Å². The van der Waals surface area contributed by atoms with Crippen molar-refractivity contribution >= 4 is 21.8 Å². The SMILES string of the molecule is CC/C(=C\c1ccccc1)C(=O)N(C)C1CCS(=O)(=O)C1. The lowest BCUT2D eigenvalue weighted by Crippen LogP contribution is -2.38. The summed E-state index contributed by atoms with van der Waals surface area (Å²) in [6, 6.07) is 9.48. The smallest absolute Gasteiger partial charge is 0.249 e. The first kappa shape index (κ1) is 15.8. The molecule has 1 saturated heterocycles. The highest BCUT2D eigenvalue weighted by molar-refractivity contribution is 7.91. The summed E-state index contributed by atoms with van der Waals surface area (Å²) in [5, 5.41) is 0. The molecule has 0 saturated carbocycles. The summed E-state index contributed by atoms with van der Waals surface area (Å²) in [5.74, 6) is 0.180. The van der Waals surface area contributed by atoms with Crippen molar-refractivity contribution in [1.29, 1.82) is 0 Å². The van der Waals surface area contributed by atoms with E-state index < -0.39 is 9.84 Å². The van der Waals surface area contributed by atoms with Gasteiger partial charge in [-0.3, -0.25) is 4.79 Å². The molecule has 0 aromatic heterocycles. The van der Waals surface area contributed by atoms with Gasteiger partial charge < -0.3 is 4.90 Å². The van der Waals surface area contributed by atoms with Crippen LogP contribution in [0.5, 0.6) is 0 Å². The summed E-state index contributed by atoms with van der Waals surface area (Å²) in [5.41, 5.74) is 1.68. The van der Waals surface area contributed by atoms with E-state index in [1.165, 1.54) is 0 Å². The summed E-state index contributed by atoms with van der Waals surface area (Å²) in [6.45, 7) is 1.94. The van der Waals surface area contributed by atoms with Gasteiger partial charge >= 0.3 is 0 Å². The molecule has 1 heterocycles. The number of hydrogen-bond acceptors (Lipinski definition) is 3. The standard InChI is InChI=1S/C16H21NO3S/c1-3-14(11-13-7-5-4-6-8-13)16(18)17(2)15-9-10-21(19,20)12-15/h4-8,11,15H,3,9-10,12H2,1-2H3/b14-11+. The van der Waals surface area contributed by atoms with E-state index in [0.717, 1.165) is 5.56 Å². The van der Waals surface area contributed by atoms with Crippen LogP contribution in [0.3, 0.4) is 0 Å². The number of benzene rings is 1. The normalized spacial score (nSPS) is 21.2. The predicted octanol–water partition coefficient (Wildman–Crippen LogP) is 2.13. The molecule has 114 valence electrons. The minimum atomic E-state index is -2.98. The van der Waals surface area contributed by atoms with E-state index in [0.29, 0.717) is 18.4 Å². The molecule has 0 spiro atoms. The van der Waals surface area contributed by atoms with Gasteiger partial charge in [0.25, 0.3) is 0 Å². The second kappa shape index (κ2) is 6.43. The van der Waals surface area contributed by atoms with Crippen molar-refractivity contribution in [3.05, 3.63) is 41.5 Å². The van der Waals surface area contributed by atoms with Gasteiger partial charge in [0.15, 0.2) is 9.84 Å². The van der Waals surface area contributed by atoms with Crippen LogP contribution >= 0.6 is 0 Å². The molecular formula is C16H21NO3S. The van der Waals surface area contributed by atoms with Gasteiger partial charge in [0.1, 0.15) is 0 Å². The Kier molecular flexibility index (Phi) is 4.83. The molecule has 0 aliphatic carbocycles. The van der Waals surface area contributed by atoms with E-state index in [1.807, 2.05) is 43.3 Å². The Morgan fingerprint density at radius 3 is 2.52 bits per heavy atom. The van der Waals surface area contributed by atoms with Gasteiger partial charge in [-0.2, -0.15) is 0 Å². The maximum atomic E-state index is 12.5. The Hall–Kier alpha value is -1.62. The number of rotatable bonds is 4. The van der Waals surface area contributed by atoms with Crippen LogP contribution < -0.4 is 0 Å². The summed E-state index contributed by atoms with van der Waals surface area (Å²) in [7, 11) is -1.28. The fourth-order valence-corrected chi connectivity index (χ4v) is 4.31. The van der Waals surface area contributed by atoms with Crippen LogP contribution in [0.25, 0.3) is 6.08 Å². The van der Waals surface area contributed by atoms with Gasteiger partial charge in [0.05, 0.1) is 11.5 Å². The van der Waals surface area contributed by atoms with Crippen LogP contribution in [0.2, 0.25) is 0 Å². The average molecular weight is 307 g/mol. The highest BCUT2D eigenvalue weighted by atomic mass is 32.2. The molecule has 0 bridgehead atoms. The van der Waals surface area contributed by atoms with Gasteiger partial charge in [-0.25, -0.2) is 8.42 Å². The Morgan fingerprint density at radius 2 is 2.00 bits per heavy atom. The fourth-order valence-electron chi connectivity index (χ4n) is 2.54. The zero-order valence-electron chi connectivity index (χ0n) is 12.5. The number of likely N-dealkylation sites (N-methyl/N-ethyl adjacent to an activating group) is 1. The third-order valence-corrected chi connectivity index (χ3v) is 5.62. The van der Waals surface area contributed by atoms with E-state index in [2.05, 4.69) is 0 Å². The predicted molar refractivity (Wildman–Crippen MR) is 84.5 cm³/mol. The monoisotopic (exact) mass is 307 g/mol. The molecule has 5 heteroatoms. The maximum Gasteiger partial charge on any atom is 0.249 e. The molecule has 4 nitrogen and oxygen atoms in total. The second-order valence-electron chi connectivity index (χ2n) is 5.41. The molecule has 0 radical (unpaired) electrons. The zero-order chi connectivity index (χ0) is 15.5. The van der Waals surface area contributed by atoms with Gasteiger partial charge in [-0.15, -0.1) is 0 Å². The number of nitrogens with zero attached hydrogens (tertiary/aromatic N) is 1. The van der Waals surface area contributed by atoms with Crippen molar-refractivity contribution < 1.29 is 13.2 Å². The van der Waals surface area contributed by atoms with Gasteiger partial charge in [0.2, 0.25) is 5.91 Å². The van der Waals surface area contributed by atoms with Crippen molar-refractivity contribution in [2.24, 2.45) is 0 Å². The summed E-state index contributed by atoms with van der Waals surface area (Å²) >= 11 is 0. The van der Waals surface area contributed by atoms with Gasteiger partial charge in [-0.1, -0.05) is 37.3 Å². The van der Waals surface area contributed by atoms with Crippen molar-refractivity contribution in [3.63, 3.8) is 0 Å². The fraction of sp³-hybridized carbons (Fsp3) is 0.438. The molecular weight excluding hydrogens is 286 g/mol. The van der Waals surface area contributed by atoms with Crippen LogP contribution in [0.15, 0.2) is 35.9 Å². The third kappa shape index (κ3) is 3.94. The van der Waals surface area contributed by atoms with Crippen molar-refractivity contribution in [3.8, 4) is 0 Å². The molecule has 1 aromatic rings. The van der Waals surface area contributed by atoms with Gasteiger partial charge in [0, 0.05) is 18.7 Å². The second-order valence-corrected chi connectivity index (χ2v) is 7.64. The Morgan fingerprint density at radius 1 is 1.33 bits per heavy atom. The van der Waals surface area contributed by atoms with Crippen LogP contribution in [0.4, 0.5) is 0 Å². The minimum absolute atomic E-state index is 0.0801. The quantitative estimate of drug-likeness (QED) is 0.801. The van der Waals surface area contributed by atoms with Crippen LogP contribution in [0, 0.1) is 0 Å². The van der Waals surface area contributed by atoms with E-state index in [4.69, 9.17) is 0 Å². The lowest BCUT2D eigenvalue weighted by atomic mass is 10.1. The first-order valence-corrected chi connectivity index (χ1v) is 8.98. The van der Waals surface area contributed by atoms with E-state index in [9.17, 15) is 13.2 Å². The molecule has 1 aromatic carbocycles. The summed E-state index contributed by atoms with van der Waals surface area (Å²) in [6.07, 6.45) is 3.03. The van der Waals surface area contributed by atoms with E-state index in [1.54, 1.807) is 11.9 Å². The third-order valence-electron chi connectivity index (χ3n) is 3.87. The lowest BCUT2D eigenvalue weighted by molar-refractivity contribution is -0.127. The molecule has 2 rings (SSSR count). The van der Waals surface area contributed by atoms with Gasteiger partial charge in [-0.05, 0) is 24.5 Å². The average Bonchev–Trinajstić information content (AvgIpc) is 2.84. The number of carbonyl (C=O) groups is 1. The van der Waals surface area contributed by atoms with E-state index in [-0.39, 0.29) is 23.5 Å². The first-order valence-electron chi connectivity index (χ1n) is 7.16. The Balaban J connectivity index is 2.15. The highest BCUT2D eigenvalue weighted by Gasteiger charge is 2.33. The van der Waals surface area contributed by atoms with Crippen LogP contribution in [-0.4, -0.2) is 43.8 Å². The van der Waals surface area contributed by atoms with E-state index >= 15 is 0 Å². The van der Waals surface area contributed by atoms with Crippen LogP contribution in [-0.2, 0) is 14.6 Å². The molecule has 21 heavy (non-hydrogen) atoms. The lowest BCUT2D eigenvalue weighted by Gasteiger charge is -2.24. The Bertz CT molecular complexity index is 635. The first-order chi connectivity index (χ1) is 9.93. The number of sulfone groups is 1. The Labute approximate surface area is 126 Å². The number of carbonyl (C=O) groups excluding carboxylic acids is 1. The summed E-state index contributed by atoms with van der Waals surface area (Å²) in [4.78, 5) is 14.1. The molecule has 1 amide bonds. The number of amides is 1. The highest BCUT2D eigenvalue weighted by Crippen LogP contribution is 2.20. The van der Waals surface area contributed by atoms with Crippen molar-refractivity contribution in [2.75, 3.05) is 18.6 Å². The molecule has 0 N–H and O–H groups in total. The zero-order valence-corrected chi connectivity index (χ0v) is 13.3. The van der Waals surface area contributed by atoms with Crippen molar-refractivity contribution in [1.82, 2.24) is 4.90 Å². The molecule has 1 fully saturated rings. The number of hydrogen-bond donors (Lipinski definition) is 0. The summed E-state index contributed by atoms with van der Waals surface area (Å²) < 4.78 is 23.1. The minimum Gasteiger partial charge on any atom is -0.338 e. The molecule has 1 aliphatic rings. The van der Waals surface area contributed by atoms with Crippen molar-refractivity contribution in [2.45, 2.75) is 25.8 Å². The molecule has 1 aliphatic heterocycles. The molecule has 1 unspecified atom stereocenters. The largest absolute Gasteiger partial charge is 0.338 e.